The van der Waals surface area contributed by atoms with Gasteiger partial charge in [0, 0.05) is 12.8 Å². The zero-order valence-electron chi connectivity index (χ0n) is 9.13. The monoisotopic (exact) mass is 194 g/mol. The lowest BCUT2D eigenvalue weighted by atomic mass is 9.81. The molecule has 0 atom stereocenters. The molecule has 0 bridgehead atoms. The molecule has 0 aromatic heterocycles. The average Bonchev–Trinajstić information content (AvgIpc) is 2.60. The lowest BCUT2D eigenvalue weighted by Gasteiger charge is -2.24. The van der Waals surface area contributed by atoms with E-state index in [9.17, 15) is 4.79 Å². The van der Waals surface area contributed by atoms with E-state index in [0.717, 1.165) is 24.7 Å². The molecular formula is C13H22O. The molecule has 0 N–H and O–H groups in total. The highest BCUT2D eigenvalue weighted by Crippen LogP contribution is 2.32. The molecule has 0 aliphatic heterocycles. The molecular weight excluding hydrogens is 172 g/mol. The van der Waals surface area contributed by atoms with Gasteiger partial charge in [0.25, 0.3) is 0 Å². The summed E-state index contributed by atoms with van der Waals surface area (Å²) in [5, 5.41) is 0. The van der Waals surface area contributed by atoms with Gasteiger partial charge in [-0.05, 0) is 18.3 Å². The third-order valence-corrected chi connectivity index (χ3v) is 4.05. The van der Waals surface area contributed by atoms with Crippen molar-refractivity contribution in [2.75, 3.05) is 0 Å². The van der Waals surface area contributed by atoms with E-state index in [0.29, 0.717) is 5.78 Å². The Morgan fingerprint density at radius 2 is 1.57 bits per heavy atom. The molecule has 2 rings (SSSR count). The number of hydrogen-bond acceptors (Lipinski definition) is 1. The molecule has 1 nitrogen and oxygen atoms in total. The lowest BCUT2D eigenvalue weighted by molar-refractivity contribution is -0.120. The quantitative estimate of drug-likeness (QED) is 0.652. The van der Waals surface area contributed by atoms with Crippen molar-refractivity contribution in [3.05, 3.63) is 0 Å². The van der Waals surface area contributed by atoms with Gasteiger partial charge in [-0.3, -0.25) is 4.79 Å². The summed E-state index contributed by atoms with van der Waals surface area (Å²) in [6.45, 7) is 0. The summed E-state index contributed by atoms with van der Waals surface area (Å²) in [4.78, 5) is 11.6. The Balaban J connectivity index is 1.57. The van der Waals surface area contributed by atoms with Crippen LogP contribution in [0.4, 0.5) is 0 Å². The van der Waals surface area contributed by atoms with E-state index in [1.165, 1.54) is 51.4 Å². The first-order valence-corrected chi connectivity index (χ1v) is 6.36. The molecule has 2 fully saturated rings. The lowest BCUT2D eigenvalue weighted by Crippen LogP contribution is -2.16. The summed E-state index contributed by atoms with van der Waals surface area (Å²) in [5.74, 6) is 2.20. The Morgan fingerprint density at radius 3 is 2.14 bits per heavy atom. The van der Waals surface area contributed by atoms with Crippen molar-refractivity contribution in [1.82, 2.24) is 0 Å². The van der Waals surface area contributed by atoms with Crippen molar-refractivity contribution in [2.24, 2.45) is 11.8 Å². The van der Waals surface area contributed by atoms with Crippen LogP contribution in [0, 0.1) is 11.8 Å². The van der Waals surface area contributed by atoms with Gasteiger partial charge in [0.2, 0.25) is 0 Å². The van der Waals surface area contributed by atoms with E-state index in [1.807, 2.05) is 0 Å². The van der Waals surface area contributed by atoms with E-state index in [-0.39, 0.29) is 0 Å². The van der Waals surface area contributed by atoms with Crippen LogP contribution in [0.1, 0.15) is 64.2 Å². The molecule has 0 spiro atoms. The Kier molecular flexibility index (Phi) is 3.61. The van der Waals surface area contributed by atoms with E-state index in [2.05, 4.69) is 0 Å². The zero-order chi connectivity index (χ0) is 9.80. The van der Waals surface area contributed by atoms with Crippen LogP contribution < -0.4 is 0 Å². The van der Waals surface area contributed by atoms with E-state index in [4.69, 9.17) is 0 Å². The van der Waals surface area contributed by atoms with Crippen molar-refractivity contribution in [3.63, 3.8) is 0 Å². The van der Waals surface area contributed by atoms with Gasteiger partial charge >= 0.3 is 0 Å². The maximum absolute atomic E-state index is 11.6. The number of carbonyl (C=O) groups excluding carboxylic acids is 1. The maximum Gasteiger partial charge on any atom is 0.133 e. The SMILES string of the molecule is O=C(CCC1CCCC1)CC1CCC1. The van der Waals surface area contributed by atoms with Crippen molar-refractivity contribution in [3.8, 4) is 0 Å². The summed E-state index contributed by atoms with van der Waals surface area (Å²) in [6, 6.07) is 0. The average molecular weight is 194 g/mol. The van der Waals surface area contributed by atoms with Crippen molar-refractivity contribution in [2.45, 2.75) is 64.2 Å². The number of Topliss-reactive ketones (excluding diaryl/α,β-unsaturated/α-hetero) is 1. The standard InChI is InChI=1S/C13H22O/c14-13(10-12-6-3-7-12)9-8-11-4-1-2-5-11/h11-12H,1-10H2. The normalized spacial score (nSPS) is 23.7. The minimum absolute atomic E-state index is 0.543. The number of ketones is 1. The smallest absolute Gasteiger partial charge is 0.133 e. The molecule has 0 heterocycles. The van der Waals surface area contributed by atoms with Gasteiger partial charge in [-0.1, -0.05) is 44.9 Å². The first-order chi connectivity index (χ1) is 6.84. The highest BCUT2D eigenvalue weighted by atomic mass is 16.1. The van der Waals surface area contributed by atoms with Gasteiger partial charge in [0.05, 0.1) is 0 Å². The summed E-state index contributed by atoms with van der Waals surface area (Å²) >= 11 is 0. The van der Waals surface area contributed by atoms with Crippen LogP contribution >= 0.6 is 0 Å². The fourth-order valence-corrected chi connectivity index (χ4v) is 2.79. The van der Waals surface area contributed by atoms with Crippen LogP contribution in [0.3, 0.4) is 0 Å². The van der Waals surface area contributed by atoms with Crippen molar-refractivity contribution < 1.29 is 4.79 Å². The molecule has 0 aromatic rings. The predicted molar refractivity (Wildman–Crippen MR) is 58.2 cm³/mol. The van der Waals surface area contributed by atoms with Crippen LogP contribution in [0.25, 0.3) is 0 Å². The summed E-state index contributed by atoms with van der Waals surface area (Å²) in [6.07, 6.45) is 12.5. The highest BCUT2D eigenvalue weighted by molar-refractivity contribution is 5.78. The minimum Gasteiger partial charge on any atom is -0.300 e. The first kappa shape index (κ1) is 10.2. The minimum atomic E-state index is 0.543. The van der Waals surface area contributed by atoms with Gasteiger partial charge in [0.15, 0.2) is 0 Å². The number of rotatable bonds is 5. The van der Waals surface area contributed by atoms with Crippen LogP contribution in [0.2, 0.25) is 0 Å². The fraction of sp³-hybridized carbons (Fsp3) is 0.923. The van der Waals surface area contributed by atoms with E-state index >= 15 is 0 Å². The number of carbonyl (C=O) groups is 1. The largest absolute Gasteiger partial charge is 0.300 e. The van der Waals surface area contributed by atoms with Crippen LogP contribution in [-0.2, 0) is 4.79 Å². The van der Waals surface area contributed by atoms with Crippen LogP contribution in [-0.4, -0.2) is 5.78 Å². The fourth-order valence-electron chi connectivity index (χ4n) is 2.79. The summed E-state index contributed by atoms with van der Waals surface area (Å²) in [7, 11) is 0. The highest BCUT2D eigenvalue weighted by Gasteiger charge is 2.21. The van der Waals surface area contributed by atoms with E-state index < -0.39 is 0 Å². The molecule has 1 heteroatoms. The second-order valence-corrected chi connectivity index (χ2v) is 5.23. The predicted octanol–water partition coefficient (Wildman–Crippen LogP) is 3.72. The van der Waals surface area contributed by atoms with Crippen LogP contribution in [0.5, 0.6) is 0 Å². The van der Waals surface area contributed by atoms with Gasteiger partial charge in [-0.25, -0.2) is 0 Å². The first-order valence-electron chi connectivity index (χ1n) is 6.36. The molecule has 14 heavy (non-hydrogen) atoms. The Bertz CT molecular complexity index is 187. The molecule has 2 aliphatic rings. The maximum atomic E-state index is 11.6. The molecule has 0 amide bonds. The third-order valence-electron chi connectivity index (χ3n) is 4.05. The Morgan fingerprint density at radius 1 is 0.929 bits per heavy atom. The topological polar surface area (TPSA) is 17.1 Å². The van der Waals surface area contributed by atoms with Gasteiger partial charge in [0.1, 0.15) is 5.78 Å². The molecule has 0 saturated heterocycles. The summed E-state index contributed by atoms with van der Waals surface area (Å²) in [5.41, 5.74) is 0. The molecule has 0 radical (unpaired) electrons. The van der Waals surface area contributed by atoms with Gasteiger partial charge in [-0.15, -0.1) is 0 Å². The second-order valence-electron chi connectivity index (χ2n) is 5.23. The number of hydrogen-bond donors (Lipinski definition) is 0. The molecule has 80 valence electrons. The van der Waals surface area contributed by atoms with Crippen LogP contribution in [0.15, 0.2) is 0 Å². The van der Waals surface area contributed by atoms with Crippen molar-refractivity contribution >= 4 is 5.78 Å². The van der Waals surface area contributed by atoms with Gasteiger partial charge in [-0.2, -0.15) is 0 Å². The molecule has 0 unspecified atom stereocenters. The third kappa shape index (κ3) is 2.83. The molecule has 2 saturated carbocycles. The zero-order valence-corrected chi connectivity index (χ0v) is 9.13. The Hall–Kier alpha value is -0.330. The summed E-state index contributed by atoms with van der Waals surface area (Å²) < 4.78 is 0. The van der Waals surface area contributed by atoms with Gasteiger partial charge < -0.3 is 0 Å². The van der Waals surface area contributed by atoms with E-state index in [1.54, 1.807) is 0 Å². The molecule has 2 aliphatic carbocycles. The Labute approximate surface area is 87.3 Å². The second kappa shape index (κ2) is 4.95. The van der Waals surface area contributed by atoms with Crippen molar-refractivity contribution in [1.29, 1.82) is 0 Å². The molecule has 0 aromatic carbocycles.